The lowest BCUT2D eigenvalue weighted by Gasteiger charge is -2.20. The first-order valence-corrected chi connectivity index (χ1v) is 6.48. The maximum absolute atomic E-state index is 4.52. The Morgan fingerprint density at radius 2 is 1.89 bits per heavy atom. The Hall–Kier alpha value is -2.42. The minimum Gasteiger partial charge on any atom is -0.338 e. The smallest absolute Gasteiger partial charge is 0.0970 e. The minimum atomic E-state index is 0.997. The summed E-state index contributed by atoms with van der Waals surface area (Å²) >= 11 is 0. The van der Waals surface area contributed by atoms with Crippen LogP contribution >= 0.6 is 0 Å². The van der Waals surface area contributed by atoms with E-state index in [0.29, 0.717) is 0 Å². The molecule has 3 aromatic rings. The Labute approximate surface area is 111 Å². The van der Waals surface area contributed by atoms with Crippen molar-refractivity contribution in [2.45, 2.75) is 6.42 Å². The van der Waals surface area contributed by atoms with Crippen molar-refractivity contribution in [3.63, 3.8) is 0 Å². The number of anilines is 2. The molecule has 4 rings (SSSR count). The lowest BCUT2D eigenvalue weighted by Crippen LogP contribution is -2.14. The van der Waals surface area contributed by atoms with Gasteiger partial charge in [-0.3, -0.25) is 9.97 Å². The number of aromatic nitrogens is 2. The highest BCUT2D eigenvalue weighted by molar-refractivity contribution is 5.92. The van der Waals surface area contributed by atoms with E-state index in [1.807, 2.05) is 24.7 Å². The van der Waals surface area contributed by atoms with Crippen molar-refractivity contribution < 1.29 is 0 Å². The second-order valence-electron chi connectivity index (χ2n) is 4.76. The third-order valence-corrected chi connectivity index (χ3v) is 3.67. The van der Waals surface area contributed by atoms with E-state index in [4.69, 9.17) is 0 Å². The number of pyridine rings is 2. The molecule has 2 aromatic heterocycles. The predicted octanol–water partition coefficient (Wildman–Crippen LogP) is 3.32. The van der Waals surface area contributed by atoms with Gasteiger partial charge in [-0.25, -0.2) is 0 Å². The van der Waals surface area contributed by atoms with E-state index in [0.717, 1.165) is 29.6 Å². The molecule has 1 aliphatic rings. The molecule has 3 heterocycles. The molecule has 19 heavy (non-hydrogen) atoms. The van der Waals surface area contributed by atoms with E-state index in [2.05, 4.69) is 45.2 Å². The highest BCUT2D eigenvalue weighted by Crippen LogP contribution is 2.36. The first-order valence-electron chi connectivity index (χ1n) is 6.48. The number of hydrogen-bond acceptors (Lipinski definition) is 3. The van der Waals surface area contributed by atoms with Crippen LogP contribution in [-0.2, 0) is 6.42 Å². The second kappa shape index (κ2) is 4.05. The number of para-hydroxylation sites is 1. The van der Waals surface area contributed by atoms with E-state index in [9.17, 15) is 0 Å². The third kappa shape index (κ3) is 1.58. The van der Waals surface area contributed by atoms with Gasteiger partial charge in [0.1, 0.15) is 0 Å². The Balaban J connectivity index is 1.93. The zero-order chi connectivity index (χ0) is 12.7. The van der Waals surface area contributed by atoms with Crippen molar-refractivity contribution in [3.8, 4) is 0 Å². The number of fused-ring (bicyclic) bond motifs is 2. The fourth-order valence-corrected chi connectivity index (χ4v) is 2.77. The van der Waals surface area contributed by atoms with Crippen molar-refractivity contribution in [2.24, 2.45) is 0 Å². The van der Waals surface area contributed by atoms with Crippen LogP contribution in [0.1, 0.15) is 5.56 Å². The normalized spacial score (nSPS) is 13.8. The van der Waals surface area contributed by atoms with E-state index >= 15 is 0 Å². The van der Waals surface area contributed by atoms with Gasteiger partial charge in [-0.05, 0) is 30.2 Å². The topological polar surface area (TPSA) is 29.0 Å². The molecular weight excluding hydrogens is 234 g/mol. The van der Waals surface area contributed by atoms with Crippen molar-refractivity contribution in [2.75, 3.05) is 11.4 Å². The van der Waals surface area contributed by atoms with Gasteiger partial charge < -0.3 is 4.90 Å². The van der Waals surface area contributed by atoms with E-state index in [1.54, 1.807) is 0 Å². The van der Waals surface area contributed by atoms with E-state index in [1.165, 1.54) is 11.3 Å². The standard InChI is InChI=1S/C16H13N3/c1-2-6-14-12(4-1)7-9-19(14)15-11-17-10-13-5-3-8-18-16(13)15/h1-6,8,10-11H,7,9H2. The summed E-state index contributed by atoms with van der Waals surface area (Å²) in [6.45, 7) is 0.997. The summed E-state index contributed by atoms with van der Waals surface area (Å²) in [5, 5.41) is 1.09. The Kier molecular flexibility index (Phi) is 2.24. The average molecular weight is 247 g/mol. The first kappa shape index (κ1) is 10.5. The maximum atomic E-state index is 4.52. The molecule has 1 aliphatic heterocycles. The van der Waals surface area contributed by atoms with Crippen molar-refractivity contribution in [1.29, 1.82) is 0 Å². The molecule has 0 aliphatic carbocycles. The number of benzene rings is 1. The number of nitrogens with zero attached hydrogens (tertiary/aromatic N) is 3. The van der Waals surface area contributed by atoms with Gasteiger partial charge in [-0.15, -0.1) is 0 Å². The third-order valence-electron chi connectivity index (χ3n) is 3.67. The summed E-state index contributed by atoms with van der Waals surface area (Å²) in [5.74, 6) is 0. The predicted molar refractivity (Wildman–Crippen MR) is 76.7 cm³/mol. The van der Waals surface area contributed by atoms with Crippen molar-refractivity contribution >= 4 is 22.3 Å². The Morgan fingerprint density at radius 3 is 2.89 bits per heavy atom. The molecule has 0 amide bonds. The zero-order valence-corrected chi connectivity index (χ0v) is 10.5. The van der Waals surface area contributed by atoms with Gasteiger partial charge in [0.2, 0.25) is 0 Å². The van der Waals surface area contributed by atoms with E-state index < -0.39 is 0 Å². The fourth-order valence-electron chi connectivity index (χ4n) is 2.77. The maximum Gasteiger partial charge on any atom is 0.0970 e. The van der Waals surface area contributed by atoms with Gasteiger partial charge >= 0.3 is 0 Å². The zero-order valence-electron chi connectivity index (χ0n) is 10.5. The molecule has 0 N–H and O–H groups in total. The van der Waals surface area contributed by atoms with Crippen LogP contribution in [0, 0.1) is 0 Å². The monoisotopic (exact) mass is 247 g/mol. The molecule has 3 heteroatoms. The summed E-state index contributed by atoms with van der Waals surface area (Å²) in [5.41, 5.74) is 4.80. The van der Waals surface area contributed by atoms with E-state index in [-0.39, 0.29) is 0 Å². The highest BCUT2D eigenvalue weighted by Gasteiger charge is 2.21. The van der Waals surface area contributed by atoms with Gasteiger partial charge in [-0.2, -0.15) is 0 Å². The second-order valence-corrected chi connectivity index (χ2v) is 4.76. The summed E-state index contributed by atoms with van der Waals surface area (Å²) in [4.78, 5) is 11.2. The van der Waals surface area contributed by atoms with Gasteiger partial charge in [0.15, 0.2) is 0 Å². The minimum absolute atomic E-state index is 0.997. The van der Waals surface area contributed by atoms with Crippen molar-refractivity contribution in [3.05, 3.63) is 60.6 Å². The molecule has 0 saturated carbocycles. The molecule has 92 valence electrons. The van der Waals surface area contributed by atoms with Crippen LogP contribution in [0.15, 0.2) is 55.0 Å². The summed E-state index contributed by atoms with van der Waals surface area (Å²) in [7, 11) is 0. The fraction of sp³-hybridized carbons (Fsp3) is 0.125. The van der Waals surface area contributed by atoms with Gasteiger partial charge in [0.25, 0.3) is 0 Å². The van der Waals surface area contributed by atoms with Crippen molar-refractivity contribution in [1.82, 2.24) is 9.97 Å². The SMILES string of the molecule is c1ccc2c(c1)CCN2c1cncc2cccnc12. The lowest BCUT2D eigenvalue weighted by atomic mass is 10.2. The molecule has 0 unspecified atom stereocenters. The van der Waals surface area contributed by atoms with Crippen LogP contribution in [0.5, 0.6) is 0 Å². The van der Waals surface area contributed by atoms with Crippen LogP contribution in [0.2, 0.25) is 0 Å². The molecule has 0 fully saturated rings. The molecule has 1 aromatic carbocycles. The number of hydrogen-bond donors (Lipinski definition) is 0. The summed E-state index contributed by atoms with van der Waals surface area (Å²) in [6, 6.07) is 12.6. The summed E-state index contributed by atoms with van der Waals surface area (Å²) < 4.78 is 0. The van der Waals surface area contributed by atoms with Crippen LogP contribution in [-0.4, -0.2) is 16.5 Å². The summed E-state index contributed by atoms with van der Waals surface area (Å²) in [6.07, 6.45) is 6.71. The van der Waals surface area contributed by atoms with Crippen LogP contribution < -0.4 is 4.90 Å². The molecule has 0 radical (unpaired) electrons. The van der Waals surface area contributed by atoms with Gasteiger partial charge in [-0.1, -0.05) is 18.2 Å². The molecule has 0 atom stereocenters. The van der Waals surface area contributed by atoms with Crippen LogP contribution in [0.3, 0.4) is 0 Å². The quantitative estimate of drug-likeness (QED) is 0.660. The van der Waals surface area contributed by atoms with Gasteiger partial charge in [0, 0.05) is 30.0 Å². The molecule has 3 nitrogen and oxygen atoms in total. The van der Waals surface area contributed by atoms with Crippen LogP contribution in [0.25, 0.3) is 10.9 Å². The first-order chi connectivity index (χ1) is 9.43. The Bertz CT molecular complexity index is 746. The highest BCUT2D eigenvalue weighted by atomic mass is 15.2. The number of rotatable bonds is 1. The molecule has 0 spiro atoms. The molecule has 0 bridgehead atoms. The van der Waals surface area contributed by atoms with Gasteiger partial charge in [0.05, 0.1) is 17.4 Å². The molecular formula is C16H13N3. The lowest BCUT2D eigenvalue weighted by molar-refractivity contribution is 0.996. The van der Waals surface area contributed by atoms with Crippen LogP contribution in [0.4, 0.5) is 11.4 Å². The Morgan fingerprint density at radius 1 is 0.947 bits per heavy atom. The largest absolute Gasteiger partial charge is 0.338 e. The molecule has 0 saturated heterocycles. The average Bonchev–Trinajstić information content (AvgIpc) is 2.90.